The van der Waals surface area contributed by atoms with Gasteiger partial charge in [-0.15, -0.1) is 0 Å². The maximum absolute atomic E-state index is 11.9. The number of anilines is 1. The molecule has 0 aromatic heterocycles. The van der Waals surface area contributed by atoms with Crippen LogP contribution in [0.3, 0.4) is 0 Å². The Hall–Kier alpha value is -1.88. The van der Waals surface area contributed by atoms with Gasteiger partial charge in [0, 0.05) is 24.7 Å². The Bertz CT molecular complexity index is 493. The number of carbonyl (C=O) groups is 2. The molecule has 0 spiro atoms. The molecule has 1 amide bonds. The van der Waals surface area contributed by atoms with Crippen molar-refractivity contribution in [1.82, 2.24) is 5.32 Å². The highest BCUT2D eigenvalue weighted by atomic mass is 16.5. The molecule has 2 rings (SSSR count). The van der Waals surface area contributed by atoms with Crippen molar-refractivity contribution in [2.24, 2.45) is 0 Å². The minimum Gasteiger partial charge on any atom is -0.465 e. The van der Waals surface area contributed by atoms with Gasteiger partial charge in [0.15, 0.2) is 0 Å². The second-order valence-corrected chi connectivity index (χ2v) is 5.66. The summed E-state index contributed by atoms with van der Waals surface area (Å²) >= 11 is 0. The fourth-order valence-corrected chi connectivity index (χ4v) is 2.73. The number of hydrogen-bond donors (Lipinski definition) is 2. The molecule has 0 heterocycles. The topological polar surface area (TPSA) is 67.4 Å². The van der Waals surface area contributed by atoms with Crippen LogP contribution in [0.1, 0.15) is 48.9 Å². The Kier molecular flexibility index (Phi) is 6.40. The monoisotopic (exact) mass is 304 g/mol. The molecular formula is C17H24N2O3. The Labute approximate surface area is 131 Å². The fraction of sp³-hybridized carbons (Fsp3) is 0.529. The van der Waals surface area contributed by atoms with Crippen molar-refractivity contribution in [2.45, 2.75) is 44.6 Å². The molecule has 0 radical (unpaired) electrons. The Morgan fingerprint density at radius 1 is 1.14 bits per heavy atom. The molecule has 1 aromatic carbocycles. The second kappa shape index (κ2) is 8.54. The van der Waals surface area contributed by atoms with E-state index in [1.54, 1.807) is 24.3 Å². The number of ether oxygens (including phenoxy) is 1. The summed E-state index contributed by atoms with van der Waals surface area (Å²) in [5.74, 6) is -0.399. The zero-order valence-electron chi connectivity index (χ0n) is 13.1. The van der Waals surface area contributed by atoms with Crippen LogP contribution in [0.25, 0.3) is 0 Å². The molecule has 0 saturated heterocycles. The van der Waals surface area contributed by atoms with E-state index in [0.717, 1.165) is 0 Å². The summed E-state index contributed by atoms with van der Waals surface area (Å²) in [6, 6.07) is 7.27. The lowest BCUT2D eigenvalue weighted by atomic mass is 9.95. The van der Waals surface area contributed by atoms with E-state index in [4.69, 9.17) is 0 Å². The van der Waals surface area contributed by atoms with E-state index < -0.39 is 0 Å². The minimum absolute atomic E-state index is 0.0193. The molecule has 0 unspecified atom stereocenters. The van der Waals surface area contributed by atoms with Gasteiger partial charge in [-0.2, -0.15) is 0 Å². The smallest absolute Gasteiger partial charge is 0.337 e. The van der Waals surface area contributed by atoms with Crippen molar-refractivity contribution in [2.75, 3.05) is 19.0 Å². The van der Waals surface area contributed by atoms with Gasteiger partial charge in [-0.3, -0.25) is 4.79 Å². The van der Waals surface area contributed by atoms with Crippen LogP contribution in [0, 0.1) is 0 Å². The standard InChI is InChI=1S/C17H24N2O3/c1-22-17(21)13-7-9-15(10-8-13)19-16(20)11-12-18-14-5-3-2-4-6-14/h7-10,14,18H,2-6,11-12H2,1H3,(H,19,20). The molecular weight excluding hydrogens is 280 g/mol. The van der Waals surface area contributed by atoms with Gasteiger partial charge < -0.3 is 15.4 Å². The van der Waals surface area contributed by atoms with Gasteiger partial charge in [0.25, 0.3) is 0 Å². The molecule has 1 aliphatic rings. The lowest BCUT2D eigenvalue weighted by Gasteiger charge is -2.22. The van der Waals surface area contributed by atoms with E-state index in [0.29, 0.717) is 30.3 Å². The normalized spacial score (nSPS) is 15.3. The van der Waals surface area contributed by atoms with Gasteiger partial charge in [0.05, 0.1) is 12.7 Å². The van der Waals surface area contributed by atoms with Crippen LogP contribution in [0.4, 0.5) is 5.69 Å². The van der Waals surface area contributed by atoms with Gasteiger partial charge >= 0.3 is 5.97 Å². The van der Waals surface area contributed by atoms with E-state index in [1.807, 2.05) is 0 Å². The number of amides is 1. The molecule has 22 heavy (non-hydrogen) atoms. The molecule has 0 bridgehead atoms. The number of esters is 1. The number of benzene rings is 1. The number of methoxy groups -OCH3 is 1. The van der Waals surface area contributed by atoms with E-state index in [1.165, 1.54) is 39.2 Å². The van der Waals surface area contributed by atoms with Crippen LogP contribution in [-0.4, -0.2) is 31.6 Å². The van der Waals surface area contributed by atoms with E-state index in [2.05, 4.69) is 15.4 Å². The first-order chi connectivity index (χ1) is 10.7. The van der Waals surface area contributed by atoms with Gasteiger partial charge in [-0.05, 0) is 37.1 Å². The number of nitrogens with one attached hydrogen (secondary N) is 2. The summed E-state index contributed by atoms with van der Waals surface area (Å²) in [6.07, 6.45) is 6.80. The molecule has 5 nitrogen and oxygen atoms in total. The molecule has 1 aromatic rings. The fourth-order valence-electron chi connectivity index (χ4n) is 2.73. The predicted octanol–water partition coefficient (Wildman–Crippen LogP) is 2.72. The van der Waals surface area contributed by atoms with Crippen molar-refractivity contribution in [1.29, 1.82) is 0 Å². The molecule has 1 fully saturated rings. The highest BCUT2D eigenvalue weighted by Crippen LogP contribution is 2.17. The largest absolute Gasteiger partial charge is 0.465 e. The Morgan fingerprint density at radius 3 is 2.45 bits per heavy atom. The summed E-state index contributed by atoms with van der Waals surface area (Å²) in [7, 11) is 1.34. The predicted molar refractivity (Wildman–Crippen MR) is 85.9 cm³/mol. The van der Waals surface area contributed by atoms with Crippen molar-refractivity contribution in [3.8, 4) is 0 Å². The second-order valence-electron chi connectivity index (χ2n) is 5.66. The third-order valence-electron chi connectivity index (χ3n) is 3.98. The van der Waals surface area contributed by atoms with Crippen LogP contribution in [-0.2, 0) is 9.53 Å². The zero-order valence-corrected chi connectivity index (χ0v) is 13.1. The molecule has 5 heteroatoms. The molecule has 0 aliphatic heterocycles. The SMILES string of the molecule is COC(=O)c1ccc(NC(=O)CCNC2CCCCC2)cc1. The molecule has 1 aliphatic carbocycles. The zero-order chi connectivity index (χ0) is 15.8. The molecule has 0 atom stereocenters. The summed E-state index contributed by atoms with van der Waals surface area (Å²) < 4.78 is 4.63. The third-order valence-corrected chi connectivity index (χ3v) is 3.98. The van der Waals surface area contributed by atoms with Crippen LogP contribution < -0.4 is 10.6 Å². The average molecular weight is 304 g/mol. The number of carbonyl (C=O) groups excluding carboxylic acids is 2. The van der Waals surface area contributed by atoms with Gasteiger partial charge in [0.2, 0.25) is 5.91 Å². The Morgan fingerprint density at radius 2 is 1.82 bits per heavy atom. The van der Waals surface area contributed by atoms with E-state index in [9.17, 15) is 9.59 Å². The van der Waals surface area contributed by atoms with Crippen LogP contribution >= 0.6 is 0 Å². The van der Waals surface area contributed by atoms with Gasteiger partial charge in [-0.1, -0.05) is 19.3 Å². The molecule has 120 valence electrons. The van der Waals surface area contributed by atoms with Crippen LogP contribution in [0.15, 0.2) is 24.3 Å². The molecule has 2 N–H and O–H groups in total. The summed E-state index contributed by atoms with van der Waals surface area (Å²) in [5, 5.41) is 6.28. The van der Waals surface area contributed by atoms with Crippen molar-refractivity contribution >= 4 is 17.6 Å². The first kappa shape index (κ1) is 16.5. The highest BCUT2D eigenvalue weighted by Gasteiger charge is 2.13. The van der Waals surface area contributed by atoms with Crippen LogP contribution in [0.2, 0.25) is 0 Å². The third kappa shape index (κ3) is 5.15. The number of hydrogen-bond acceptors (Lipinski definition) is 4. The summed E-state index contributed by atoms with van der Waals surface area (Å²) in [5.41, 5.74) is 1.16. The lowest BCUT2D eigenvalue weighted by molar-refractivity contribution is -0.116. The summed E-state index contributed by atoms with van der Waals surface area (Å²) in [4.78, 5) is 23.2. The van der Waals surface area contributed by atoms with Gasteiger partial charge in [0.1, 0.15) is 0 Å². The maximum atomic E-state index is 11.9. The minimum atomic E-state index is -0.380. The van der Waals surface area contributed by atoms with Gasteiger partial charge in [-0.25, -0.2) is 4.79 Å². The highest BCUT2D eigenvalue weighted by molar-refractivity contribution is 5.93. The molecule has 1 saturated carbocycles. The Balaban J connectivity index is 1.71. The summed E-state index contributed by atoms with van der Waals surface area (Å²) in [6.45, 7) is 0.705. The maximum Gasteiger partial charge on any atom is 0.337 e. The first-order valence-corrected chi connectivity index (χ1v) is 7.90. The van der Waals surface area contributed by atoms with E-state index in [-0.39, 0.29) is 11.9 Å². The average Bonchev–Trinajstić information content (AvgIpc) is 2.56. The quantitative estimate of drug-likeness (QED) is 0.793. The van der Waals surface area contributed by atoms with Crippen molar-refractivity contribution in [3.05, 3.63) is 29.8 Å². The number of rotatable bonds is 6. The van der Waals surface area contributed by atoms with Crippen molar-refractivity contribution < 1.29 is 14.3 Å². The van der Waals surface area contributed by atoms with Crippen LogP contribution in [0.5, 0.6) is 0 Å². The van der Waals surface area contributed by atoms with Crippen molar-refractivity contribution in [3.63, 3.8) is 0 Å². The van der Waals surface area contributed by atoms with E-state index >= 15 is 0 Å². The lowest BCUT2D eigenvalue weighted by Crippen LogP contribution is -2.33. The first-order valence-electron chi connectivity index (χ1n) is 7.90.